The number of pyridine rings is 2. The van der Waals surface area contributed by atoms with Crippen LogP contribution in [0.5, 0.6) is 11.5 Å². The number of ether oxygens (including phenoxy) is 2. The van der Waals surface area contributed by atoms with Crippen molar-refractivity contribution in [2.24, 2.45) is 7.05 Å². The average Bonchev–Trinajstić information content (AvgIpc) is 3.03. The maximum absolute atomic E-state index is 12.7. The molecule has 4 aromatic rings. The second-order valence-electron chi connectivity index (χ2n) is 11.2. The van der Waals surface area contributed by atoms with Gasteiger partial charge in [0.1, 0.15) is 11.5 Å². The van der Waals surface area contributed by atoms with Crippen molar-refractivity contribution in [3.05, 3.63) is 94.5 Å². The summed E-state index contributed by atoms with van der Waals surface area (Å²) in [7, 11) is 5.19. The first-order valence-corrected chi connectivity index (χ1v) is 15.1. The van der Waals surface area contributed by atoms with Crippen LogP contribution in [0.1, 0.15) is 42.9 Å². The normalized spacial score (nSPS) is 14.4. The summed E-state index contributed by atoms with van der Waals surface area (Å²) in [6, 6.07) is 15.1. The molecule has 1 fully saturated rings. The van der Waals surface area contributed by atoms with E-state index in [0.29, 0.717) is 5.39 Å². The Kier molecular flexibility index (Phi) is 9.93. The van der Waals surface area contributed by atoms with Crippen LogP contribution >= 0.6 is 0 Å². The molecule has 0 saturated carbocycles. The number of hydrogen-bond donors (Lipinski definition) is 0. The molecule has 0 amide bonds. The zero-order chi connectivity index (χ0) is 29.5. The van der Waals surface area contributed by atoms with E-state index in [4.69, 9.17) is 9.47 Å². The molecule has 3 heterocycles. The Hall–Kier alpha value is -3.68. The summed E-state index contributed by atoms with van der Waals surface area (Å²) < 4.78 is 13.4. The molecule has 0 unspecified atom stereocenters. The second-order valence-corrected chi connectivity index (χ2v) is 11.2. The zero-order valence-electron chi connectivity index (χ0n) is 25.4. The van der Waals surface area contributed by atoms with E-state index >= 15 is 0 Å². The zero-order valence-corrected chi connectivity index (χ0v) is 25.4. The number of methoxy groups -OCH3 is 2. The van der Waals surface area contributed by atoms with Crippen LogP contribution in [0.15, 0.2) is 65.8 Å². The summed E-state index contributed by atoms with van der Waals surface area (Å²) in [5, 5.41) is 1.46. The van der Waals surface area contributed by atoms with E-state index in [1.54, 1.807) is 38.2 Å². The van der Waals surface area contributed by atoms with E-state index < -0.39 is 0 Å². The summed E-state index contributed by atoms with van der Waals surface area (Å²) in [6.07, 6.45) is 12.2. The molecule has 7 heteroatoms. The first-order chi connectivity index (χ1) is 20.5. The molecule has 0 N–H and O–H groups in total. The third-order valence-electron chi connectivity index (χ3n) is 8.34. The number of benzene rings is 2. The van der Waals surface area contributed by atoms with E-state index in [2.05, 4.69) is 64.5 Å². The van der Waals surface area contributed by atoms with Crippen molar-refractivity contribution >= 4 is 10.8 Å². The van der Waals surface area contributed by atoms with E-state index in [-0.39, 0.29) is 5.56 Å². The summed E-state index contributed by atoms with van der Waals surface area (Å²) in [4.78, 5) is 21.9. The van der Waals surface area contributed by atoms with Crippen molar-refractivity contribution in [3.63, 3.8) is 0 Å². The molecule has 42 heavy (non-hydrogen) atoms. The highest BCUT2D eigenvalue weighted by atomic mass is 16.5. The number of rotatable bonds is 12. The Morgan fingerprint density at radius 3 is 2.29 bits per heavy atom. The lowest BCUT2D eigenvalue weighted by molar-refractivity contribution is 0.124. The van der Waals surface area contributed by atoms with Crippen LogP contribution < -0.4 is 15.0 Å². The van der Waals surface area contributed by atoms with Gasteiger partial charge in [-0.05, 0) is 72.5 Å². The van der Waals surface area contributed by atoms with Crippen LogP contribution in [-0.4, -0.2) is 66.3 Å². The number of aromatic nitrogens is 2. The molecule has 0 aliphatic carbocycles. The molecule has 7 nitrogen and oxygen atoms in total. The van der Waals surface area contributed by atoms with Crippen molar-refractivity contribution in [1.82, 2.24) is 19.4 Å². The van der Waals surface area contributed by atoms with Crippen molar-refractivity contribution in [1.29, 1.82) is 0 Å². The van der Waals surface area contributed by atoms with Gasteiger partial charge in [-0.3, -0.25) is 14.7 Å². The van der Waals surface area contributed by atoms with Crippen LogP contribution in [0, 0.1) is 6.42 Å². The highest BCUT2D eigenvalue weighted by Crippen LogP contribution is 2.38. The van der Waals surface area contributed by atoms with E-state index in [0.717, 1.165) is 85.7 Å². The van der Waals surface area contributed by atoms with Gasteiger partial charge in [-0.1, -0.05) is 37.6 Å². The topological polar surface area (TPSA) is 59.8 Å². The maximum atomic E-state index is 12.7. The van der Waals surface area contributed by atoms with Crippen molar-refractivity contribution in [2.75, 3.05) is 46.9 Å². The lowest BCUT2D eigenvalue weighted by Crippen LogP contribution is -2.46. The molecule has 5 rings (SSSR count). The van der Waals surface area contributed by atoms with Gasteiger partial charge in [0.05, 0.1) is 25.2 Å². The number of piperazine rings is 1. The average molecular weight is 568 g/mol. The molecule has 2 aromatic heterocycles. The van der Waals surface area contributed by atoms with Gasteiger partial charge < -0.3 is 18.9 Å². The summed E-state index contributed by atoms with van der Waals surface area (Å²) >= 11 is 0. The minimum Gasteiger partial charge on any atom is -0.496 e. The number of hydrogen-bond acceptors (Lipinski definition) is 6. The SMILES string of the molecule is CCC[CH]c1ccc(CCCN2CCN(Cc3c(OC)cc(-c4cn(C)c(=O)c5cnccc45)cc3OC)CC2)cc1. The fourth-order valence-corrected chi connectivity index (χ4v) is 5.87. The molecule has 1 saturated heterocycles. The standard InChI is InChI=1S/C35H43N4O3/c1-5-6-8-26-10-12-27(13-11-26)9-7-16-38-17-19-39(20-18-38)25-32-33(41-3)21-28(22-34(32)42-4)31-24-37(2)35(40)30-23-36-15-14-29(30)31/h8,10-15,21-24H,5-7,9,16-20,25H2,1-4H3. The predicted octanol–water partition coefficient (Wildman–Crippen LogP) is 5.72. The number of nitrogens with zero attached hydrogens (tertiary/aromatic N) is 4. The van der Waals surface area contributed by atoms with Crippen LogP contribution in [0.3, 0.4) is 0 Å². The molecule has 0 atom stereocenters. The van der Waals surface area contributed by atoms with E-state index in [9.17, 15) is 4.79 Å². The molecule has 0 bridgehead atoms. The molecule has 1 aliphatic rings. The van der Waals surface area contributed by atoms with Crippen LogP contribution in [0.2, 0.25) is 0 Å². The lowest BCUT2D eigenvalue weighted by Gasteiger charge is -2.35. The largest absolute Gasteiger partial charge is 0.496 e. The summed E-state index contributed by atoms with van der Waals surface area (Å²) in [5.41, 5.74) is 5.62. The number of aryl methyl sites for hydroxylation is 2. The van der Waals surface area contributed by atoms with Crippen LogP contribution in [-0.2, 0) is 20.0 Å². The molecule has 2 aromatic carbocycles. The van der Waals surface area contributed by atoms with Gasteiger partial charge in [-0.15, -0.1) is 0 Å². The minimum absolute atomic E-state index is 0.0632. The number of unbranched alkanes of at least 4 members (excludes halogenated alkanes) is 1. The third kappa shape index (κ3) is 6.85. The molecular weight excluding hydrogens is 524 g/mol. The van der Waals surface area contributed by atoms with Gasteiger partial charge in [-0.2, -0.15) is 0 Å². The van der Waals surface area contributed by atoms with Crippen molar-refractivity contribution in [2.45, 2.75) is 39.2 Å². The minimum atomic E-state index is -0.0632. The van der Waals surface area contributed by atoms with Crippen LogP contribution in [0.25, 0.3) is 21.9 Å². The van der Waals surface area contributed by atoms with Gasteiger partial charge in [-0.25, -0.2) is 0 Å². The Morgan fingerprint density at radius 1 is 0.929 bits per heavy atom. The Labute approximate surface area is 249 Å². The first-order valence-electron chi connectivity index (χ1n) is 15.1. The molecule has 221 valence electrons. The Bertz CT molecular complexity index is 1510. The van der Waals surface area contributed by atoms with E-state index in [1.165, 1.54) is 24.0 Å². The highest BCUT2D eigenvalue weighted by molar-refractivity contribution is 5.95. The molecule has 0 spiro atoms. The quantitative estimate of drug-likeness (QED) is 0.218. The molecule has 1 aliphatic heterocycles. The highest BCUT2D eigenvalue weighted by Gasteiger charge is 2.22. The number of fused-ring (bicyclic) bond motifs is 1. The monoisotopic (exact) mass is 567 g/mol. The van der Waals surface area contributed by atoms with E-state index in [1.807, 2.05) is 12.3 Å². The van der Waals surface area contributed by atoms with Gasteiger partial charge >= 0.3 is 0 Å². The summed E-state index contributed by atoms with van der Waals surface area (Å²) in [6.45, 7) is 8.25. The van der Waals surface area contributed by atoms with Crippen molar-refractivity contribution in [3.8, 4) is 22.6 Å². The predicted molar refractivity (Wildman–Crippen MR) is 170 cm³/mol. The lowest BCUT2D eigenvalue weighted by atomic mass is 9.98. The third-order valence-corrected chi connectivity index (χ3v) is 8.34. The van der Waals surface area contributed by atoms with Gasteiger partial charge in [0.25, 0.3) is 5.56 Å². The fourth-order valence-electron chi connectivity index (χ4n) is 5.87. The Morgan fingerprint density at radius 2 is 1.62 bits per heavy atom. The summed E-state index contributed by atoms with van der Waals surface area (Å²) in [5.74, 6) is 1.59. The van der Waals surface area contributed by atoms with Crippen molar-refractivity contribution < 1.29 is 9.47 Å². The van der Waals surface area contributed by atoms with Crippen LogP contribution in [0.4, 0.5) is 0 Å². The van der Waals surface area contributed by atoms with Gasteiger partial charge in [0.15, 0.2) is 0 Å². The molecule has 1 radical (unpaired) electrons. The maximum Gasteiger partial charge on any atom is 0.259 e. The smallest absolute Gasteiger partial charge is 0.259 e. The first kappa shape index (κ1) is 29.8. The Balaban J connectivity index is 1.21. The van der Waals surface area contributed by atoms with Gasteiger partial charge in [0, 0.05) is 63.9 Å². The van der Waals surface area contributed by atoms with Gasteiger partial charge in [0.2, 0.25) is 0 Å². The molecular formula is C35H43N4O3. The fraction of sp³-hybridized carbons (Fsp3) is 0.400. The second kappa shape index (κ2) is 14.0.